The Balaban J connectivity index is 2.03. The predicted molar refractivity (Wildman–Crippen MR) is 76.9 cm³/mol. The second kappa shape index (κ2) is 6.12. The minimum atomic E-state index is 0.194. The van der Waals surface area contributed by atoms with Crippen LogP contribution in [0.4, 0.5) is 0 Å². The minimum Gasteiger partial charge on any atom is -0.328 e. The van der Waals surface area contributed by atoms with E-state index in [4.69, 9.17) is 17.3 Å². The molecule has 1 aliphatic carbocycles. The van der Waals surface area contributed by atoms with Gasteiger partial charge in [0.1, 0.15) is 0 Å². The van der Waals surface area contributed by atoms with E-state index < -0.39 is 0 Å². The lowest BCUT2D eigenvalue weighted by molar-refractivity contribution is 0.737. The highest BCUT2D eigenvalue weighted by Crippen LogP contribution is 2.38. The van der Waals surface area contributed by atoms with Gasteiger partial charge in [-0.3, -0.25) is 0 Å². The van der Waals surface area contributed by atoms with E-state index in [0.29, 0.717) is 0 Å². The van der Waals surface area contributed by atoms with Crippen LogP contribution in [0.25, 0.3) is 0 Å². The van der Waals surface area contributed by atoms with Crippen LogP contribution in [-0.4, -0.2) is 11.3 Å². The van der Waals surface area contributed by atoms with Gasteiger partial charge >= 0.3 is 0 Å². The van der Waals surface area contributed by atoms with Crippen molar-refractivity contribution in [1.82, 2.24) is 0 Å². The molecule has 1 fully saturated rings. The summed E-state index contributed by atoms with van der Waals surface area (Å²) in [6.45, 7) is 2.02. The van der Waals surface area contributed by atoms with Crippen LogP contribution in [0.3, 0.4) is 0 Å². The molecule has 94 valence electrons. The zero-order valence-corrected chi connectivity index (χ0v) is 11.9. The topological polar surface area (TPSA) is 26.0 Å². The van der Waals surface area contributed by atoms with E-state index in [-0.39, 0.29) is 6.04 Å². The molecule has 1 saturated carbocycles. The van der Waals surface area contributed by atoms with Gasteiger partial charge in [-0.2, -0.15) is 0 Å². The van der Waals surface area contributed by atoms with Crippen LogP contribution in [0, 0.1) is 0 Å². The predicted octanol–water partition coefficient (Wildman–Crippen LogP) is 4.26. The smallest absolute Gasteiger partial charge is 0.0544 e. The largest absolute Gasteiger partial charge is 0.328 e. The monoisotopic (exact) mass is 269 g/mol. The first kappa shape index (κ1) is 13.3. The Morgan fingerprint density at radius 2 is 2.12 bits per heavy atom. The summed E-state index contributed by atoms with van der Waals surface area (Å²) in [7, 11) is 0. The Hall–Kier alpha value is -0.180. The molecule has 2 N–H and O–H groups in total. The lowest BCUT2D eigenvalue weighted by atomic mass is 10.1. The normalized spacial score (nSPS) is 18.5. The van der Waals surface area contributed by atoms with Gasteiger partial charge in [0.05, 0.1) is 5.02 Å². The molecule has 0 bridgehead atoms. The average Bonchev–Trinajstić information content (AvgIpc) is 2.74. The van der Waals surface area contributed by atoms with Crippen molar-refractivity contribution in [2.45, 2.75) is 55.2 Å². The Morgan fingerprint density at radius 1 is 1.41 bits per heavy atom. The maximum atomic E-state index is 6.33. The summed E-state index contributed by atoms with van der Waals surface area (Å²) >= 11 is 8.27. The Bertz CT molecular complexity index is 372. The van der Waals surface area contributed by atoms with Crippen molar-refractivity contribution in [3.05, 3.63) is 28.8 Å². The fourth-order valence-corrected chi connectivity index (χ4v) is 3.91. The van der Waals surface area contributed by atoms with Crippen LogP contribution < -0.4 is 5.73 Å². The van der Waals surface area contributed by atoms with E-state index in [1.54, 1.807) is 0 Å². The molecule has 1 unspecified atom stereocenters. The average molecular weight is 270 g/mol. The molecule has 0 spiro atoms. The van der Waals surface area contributed by atoms with Crippen LogP contribution in [-0.2, 0) is 6.42 Å². The standard InChI is InChI=1S/C14H20ClNS/c1-10(16)8-11-6-7-14(13(15)9-11)17-12-4-2-3-5-12/h6-7,9-10,12H,2-5,8,16H2,1H3. The van der Waals surface area contributed by atoms with Crippen molar-refractivity contribution in [3.63, 3.8) is 0 Å². The quantitative estimate of drug-likeness (QED) is 0.884. The molecule has 2 rings (SSSR count). The fraction of sp³-hybridized carbons (Fsp3) is 0.571. The van der Waals surface area contributed by atoms with E-state index in [1.807, 2.05) is 18.7 Å². The summed E-state index contributed by atoms with van der Waals surface area (Å²) in [5, 5.41) is 1.66. The van der Waals surface area contributed by atoms with Crippen molar-refractivity contribution >= 4 is 23.4 Å². The van der Waals surface area contributed by atoms with Gasteiger partial charge in [-0.05, 0) is 43.9 Å². The summed E-state index contributed by atoms with van der Waals surface area (Å²) < 4.78 is 0. The number of benzene rings is 1. The van der Waals surface area contributed by atoms with Crippen molar-refractivity contribution in [2.75, 3.05) is 0 Å². The lowest BCUT2D eigenvalue weighted by Gasteiger charge is -2.12. The number of hydrogen-bond acceptors (Lipinski definition) is 2. The molecule has 0 aliphatic heterocycles. The SMILES string of the molecule is CC(N)Cc1ccc(SC2CCCC2)c(Cl)c1. The summed E-state index contributed by atoms with van der Waals surface area (Å²) in [6.07, 6.45) is 6.31. The van der Waals surface area contributed by atoms with E-state index in [9.17, 15) is 0 Å². The van der Waals surface area contributed by atoms with Gasteiger partial charge in [0.15, 0.2) is 0 Å². The molecule has 1 aromatic rings. The number of hydrogen-bond donors (Lipinski definition) is 1. The molecule has 0 heterocycles. The maximum absolute atomic E-state index is 6.33. The second-order valence-corrected chi connectivity index (χ2v) is 6.72. The van der Waals surface area contributed by atoms with Crippen molar-refractivity contribution in [3.8, 4) is 0 Å². The maximum Gasteiger partial charge on any atom is 0.0544 e. The Morgan fingerprint density at radius 3 is 2.71 bits per heavy atom. The minimum absolute atomic E-state index is 0.194. The first-order chi connectivity index (χ1) is 8.15. The highest BCUT2D eigenvalue weighted by molar-refractivity contribution is 8.00. The van der Waals surface area contributed by atoms with Crippen molar-refractivity contribution < 1.29 is 0 Å². The molecule has 0 radical (unpaired) electrons. The Labute approximate surface area is 113 Å². The molecule has 1 aromatic carbocycles. The first-order valence-electron chi connectivity index (χ1n) is 6.36. The summed E-state index contributed by atoms with van der Waals surface area (Å²) in [5.41, 5.74) is 7.03. The van der Waals surface area contributed by atoms with Gasteiger partial charge in [-0.25, -0.2) is 0 Å². The molecular weight excluding hydrogens is 250 g/mol. The van der Waals surface area contributed by atoms with Gasteiger partial charge in [0, 0.05) is 16.2 Å². The van der Waals surface area contributed by atoms with Gasteiger partial charge in [-0.1, -0.05) is 30.5 Å². The molecule has 1 atom stereocenters. The molecular formula is C14H20ClNS. The third-order valence-corrected chi connectivity index (χ3v) is 4.99. The fourth-order valence-electron chi connectivity index (χ4n) is 2.32. The third-order valence-electron chi connectivity index (χ3n) is 3.15. The van der Waals surface area contributed by atoms with Gasteiger partial charge in [-0.15, -0.1) is 11.8 Å². The van der Waals surface area contributed by atoms with Gasteiger partial charge < -0.3 is 5.73 Å². The Kier molecular flexibility index (Phi) is 4.78. The van der Waals surface area contributed by atoms with Crippen molar-refractivity contribution in [1.29, 1.82) is 0 Å². The number of thioether (sulfide) groups is 1. The summed E-state index contributed by atoms with van der Waals surface area (Å²) in [5.74, 6) is 0. The molecule has 0 amide bonds. The van der Waals surface area contributed by atoms with E-state index in [2.05, 4.69) is 18.2 Å². The molecule has 1 aliphatic rings. The zero-order chi connectivity index (χ0) is 12.3. The van der Waals surface area contributed by atoms with E-state index >= 15 is 0 Å². The van der Waals surface area contributed by atoms with Crippen LogP contribution in [0.1, 0.15) is 38.2 Å². The van der Waals surface area contributed by atoms with Crippen LogP contribution in [0.15, 0.2) is 23.1 Å². The van der Waals surface area contributed by atoms with E-state index in [1.165, 1.54) is 36.1 Å². The van der Waals surface area contributed by atoms with Crippen LogP contribution >= 0.6 is 23.4 Å². The van der Waals surface area contributed by atoms with Crippen molar-refractivity contribution in [2.24, 2.45) is 5.73 Å². The van der Waals surface area contributed by atoms with Gasteiger partial charge in [0.25, 0.3) is 0 Å². The number of rotatable bonds is 4. The highest BCUT2D eigenvalue weighted by atomic mass is 35.5. The van der Waals surface area contributed by atoms with Crippen LogP contribution in [0.2, 0.25) is 5.02 Å². The third kappa shape index (κ3) is 3.90. The van der Waals surface area contributed by atoms with Crippen LogP contribution in [0.5, 0.6) is 0 Å². The van der Waals surface area contributed by atoms with Gasteiger partial charge in [0.2, 0.25) is 0 Å². The molecule has 0 aromatic heterocycles. The molecule has 1 nitrogen and oxygen atoms in total. The lowest BCUT2D eigenvalue weighted by Crippen LogP contribution is -2.17. The number of halogens is 1. The first-order valence-corrected chi connectivity index (χ1v) is 7.61. The van der Waals surface area contributed by atoms with E-state index in [0.717, 1.165) is 16.7 Å². The second-order valence-electron chi connectivity index (χ2n) is 4.97. The summed E-state index contributed by atoms with van der Waals surface area (Å²) in [4.78, 5) is 1.23. The summed E-state index contributed by atoms with van der Waals surface area (Å²) in [6, 6.07) is 6.58. The molecule has 0 saturated heterocycles. The molecule has 17 heavy (non-hydrogen) atoms. The highest BCUT2D eigenvalue weighted by Gasteiger charge is 2.17. The zero-order valence-electron chi connectivity index (χ0n) is 10.3. The number of nitrogens with two attached hydrogens (primary N) is 1. The molecule has 3 heteroatoms.